The highest BCUT2D eigenvalue weighted by Gasteiger charge is 2.25. The molecule has 0 bridgehead atoms. The van der Waals surface area contributed by atoms with Crippen LogP contribution < -0.4 is 11.1 Å². The molecule has 0 heterocycles. The molecule has 0 radical (unpaired) electrons. The van der Waals surface area contributed by atoms with Crippen molar-refractivity contribution in [3.05, 3.63) is 0 Å². The maximum absolute atomic E-state index is 11.6. The summed E-state index contributed by atoms with van der Waals surface area (Å²) < 4.78 is 4.99. The number of nitrogens with two attached hydrogens (primary N) is 1. The maximum Gasteiger partial charge on any atom is 0.237 e. The molecule has 0 aliphatic carbocycles. The van der Waals surface area contributed by atoms with Gasteiger partial charge in [-0.15, -0.1) is 0 Å². The fourth-order valence-corrected chi connectivity index (χ4v) is 1.12. The van der Waals surface area contributed by atoms with E-state index in [9.17, 15) is 4.79 Å². The van der Waals surface area contributed by atoms with Crippen LogP contribution in [0.4, 0.5) is 0 Å². The lowest BCUT2D eigenvalue weighted by Gasteiger charge is -2.27. The molecule has 84 valence electrons. The number of methoxy groups -OCH3 is 1. The van der Waals surface area contributed by atoms with E-state index in [-0.39, 0.29) is 17.4 Å². The Morgan fingerprint density at radius 2 is 2.00 bits per heavy atom. The molecule has 0 aliphatic rings. The third-order valence-corrected chi connectivity index (χ3v) is 1.99. The van der Waals surface area contributed by atoms with Crippen molar-refractivity contribution in [3.63, 3.8) is 0 Å². The monoisotopic (exact) mass is 202 g/mol. The first-order chi connectivity index (χ1) is 6.30. The van der Waals surface area contributed by atoms with Crippen LogP contribution in [0.3, 0.4) is 0 Å². The summed E-state index contributed by atoms with van der Waals surface area (Å²) in [6.07, 6.45) is 0. The zero-order valence-corrected chi connectivity index (χ0v) is 9.76. The molecule has 0 rings (SSSR count). The van der Waals surface area contributed by atoms with Crippen molar-refractivity contribution in [1.29, 1.82) is 0 Å². The van der Waals surface area contributed by atoms with Gasteiger partial charge in [0.15, 0.2) is 0 Å². The zero-order chi connectivity index (χ0) is 11.4. The molecule has 0 saturated carbocycles. The van der Waals surface area contributed by atoms with E-state index in [1.165, 1.54) is 0 Å². The average molecular weight is 202 g/mol. The number of rotatable bonds is 5. The van der Waals surface area contributed by atoms with E-state index in [0.29, 0.717) is 6.61 Å². The van der Waals surface area contributed by atoms with Crippen LogP contribution in [0.1, 0.15) is 27.7 Å². The molecule has 0 saturated heterocycles. The predicted molar refractivity (Wildman–Crippen MR) is 56.9 cm³/mol. The van der Waals surface area contributed by atoms with E-state index < -0.39 is 6.04 Å². The Morgan fingerprint density at radius 1 is 1.50 bits per heavy atom. The zero-order valence-electron chi connectivity index (χ0n) is 9.76. The Balaban J connectivity index is 4.17. The molecule has 14 heavy (non-hydrogen) atoms. The van der Waals surface area contributed by atoms with Gasteiger partial charge < -0.3 is 15.8 Å². The highest BCUT2D eigenvalue weighted by atomic mass is 16.5. The highest BCUT2D eigenvalue weighted by Crippen LogP contribution is 2.05. The first-order valence-corrected chi connectivity index (χ1v) is 4.86. The number of hydrogen-bond donors (Lipinski definition) is 2. The minimum atomic E-state index is -0.453. The number of carbonyl (C=O) groups is 1. The summed E-state index contributed by atoms with van der Waals surface area (Å²) in [6.45, 7) is 8.13. The van der Waals surface area contributed by atoms with E-state index in [4.69, 9.17) is 10.5 Å². The first-order valence-electron chi connectivity index (χ1n) is 4.86. The van der Waals surface area contributed by atoms with Crippen LogP contribution in [0.2, 0.25) is 0 Å². The molecule has 0 aromatic carbocycles. The van der Waals surface area contributed by atoms with Crippen LogP contribution in [0.5, 0.6) is 0 Å². The van der Waals surface area contributed by atoms with Crippen LogP contribution in [-0.4, -0.2) is 31.2 Å². The molecule has 4 heteroatoms. The molecule has 3 N–H and O–H groups in total. The fourth-order valence-electron chi connectivity index (χ4n) is 1.12. The van der Waals surface area contributed by atoms with Crippen molar-refractivity contribution in [2.24, 2.45) is 11.7 Å². The van der Waals surface area contributed by atoms with Crippen LogP contribution in [0.15, 0.2) is 0 Å². The Bertz CT molecular complexity index is 191. The molecule has 0 fully saturated rings. The lowest BCUT2D eigenvalue weighted by Crippen LogP contribution is -2.54. The van der Waals surface area contributed by atoms with E-state index >= 15 is 0 Å². The second kappa shape index (κ2) is 5.32. The number of ether oxygens (including phenoxy) is 1. The van der Waals surface area contributed by atoms with Gasteiger partial charge in [0.25, 0.3) is 0 Å². The normalized spacial score (nSPS) is 14.2. The van der Waals surface area contributed by atoms with Gasteiger partial charge in [-0.05, 0) is 19.8 Å². The minimum absolute atomic E-state index is 0.123. The van der Waals surface area contributed by atoms with Gasteiger partial charge in [0, 0.05) is 7.11 Å². The topological polar surface area (TPSA) is 64.3 Å². The molecule has 0 aliphatic heterocycles. The largest absolute Gasteiger partial charge is 0.382 e. The molecule has 1 amide bonds. The van der Waals surface area contributed by atoms with Gasteiger partial charge in [0.05, 0.1) is 18.2 Å². The van der Waals surface area contributed by atoms with Gasteiger partial charge in [0.1, 0.15) is 0 Å². The quantitative estimate of drug-likeness (QED) is 0.682. The SMILES string of the molecule is COCC(C)(C)NC(=O)[C@@H](N)C(C)C. The molecule has 1 atom stereocenters. The molecule has 0 aromatic rings. The highest BCUT2D eigenvalue weighted by molar-refractivity contribution is 5.82. The van der Waals surface area contributed by atoms with Gasteiger partial charge in [-0.1, -0.05) is 13.8 Å². The van der Waals surface area contributed by atoms with Crippen LogP contribution in [0, 0.1) is 5.92 Å². The first kappa shape index (κ1) is 13.4. The summed E-state index contributed by atoms with van der Waals surface area (Å²) in [6, 6.07) is -0.453. The van der Waals surface area contributed by atoms with E-state index in [2.05, 4.69) is 5.32 Å². The molecule has 4 nitrogen and oxygen atoms in total. The van der Waals surface area contributed by atoms with Gasteiger partial charge >= 0.3 is 0 Å². The molecule has 0 unspecified atom stereocenters. The van der Waals surface area contributed by atoms with Crippen LogP contribution >= 0.6 is 0 Å². The summed E-state index contributed by atoms with van der Waals surface area (Å²) >= 11 is 0. The van der Waals surface area contributed by atoms with E-state index in [1.54, 1.807) is 7.11 Å². The molecule has 0 spiro atoms. The standard InChI is InChI=1S/C10H22N2O2/c1-7(2)8(11)9(13)12-10(3,4)6-14-5/h7-8H,6,11H2,1-5H3,(H,12,13)/t8-/m0/s1. The van der Waals surface area contributed by atoms with Gasteiger partial charge in [-0.25, -0.2) is 0 Å². The Hall–Kier alpha value is -0.610. The van der Waals surface area contributed by atoms with E-state index in [1.807, 2.05) is 27.7 Å². The smallest absolute Gasteiger partial charge is 0.237 e. The number of hydrogen-bond acceptors (Lipinski definition) is 3. The number of carbonyl (C=O) groups excluding carboxylic acids is 1. The van der Waals surface area contributed by atoms with Crippen molar-refractivity contribution in [3.8, 4) is 0 Å². The van der Waals surface area contributed by atoms with Crippen molar-refractivity contribution in [1.82, 2.24) is 5.32 Å². The molecule has 0 aromatic heterocycles. The van der Waals surface area contributed by atoms with Crippen molar-refractivity contribution < 1.29 is 9.53 Å². The van der Waals surface area contributed by atoms with Gasteiger partial charge in [-0.3, -0.25) is 4.79 Å². The Kier molecular flexibility index (Phi) is 5.08. The average Bonchev–Trinajstić information content (AvgIpc) is 2.01. The fraction of sp³-hybridized carbons (Fsp3) is 0.900. The number of nitrogens with one attached hydrogen (secondary N) is 1. The summed E-state index contributed by atoms with van der Waals surface area (Å²) in [7, 11) is 1.61. The third-order valence-electron chi connectivity index (χ3n) is 1.99. The predicted octanol–water partition coefficient (Wildman–Crippen LogP) is 0.511. The van der Waals surface area contributed by atoms with Gasteiger partial charge in [0.2, 0.25) is 5.91 Å². The van der Waals surface area contributed by atoms with Crippen molar-refractivity contribution in [2.75, 3.05) is 13.7 Å². The van der Waals surface area contributed by atoms with Crippen LogP contribution in [0.25, 0.3) is 0 Å². The van der Waals surface area contributed by atoms with E-state index in [0.717, 1.165) is 0 Å². The second-order valence-corrected chi connectivity index (χ2v) is 4.58. The van der Waals surface area contributed by atoms with Gasteiger partial charge in [-0.2, -0.15) is 0 Å². The lowest BCUT2D eigenvalue weighted by atomic mass is 10.0. The summed E-state index contributed by atoms with van der Waals surface area (Å²) in [4.78, 5) is 11.6. The Labute approximate surface area is 86.2 Å². The van der Waals surface area contributed by atoms with Crippen LogP contribution in [-0.2, 0) is 9.53 Å². The lowest BCUT2D eigenvalue weighted by molar-refractivity contribution is -0.125. The van der Waals surface area contributed by atoms with Crippen molar-refractivity contribution >= 4 is 5.91 Å². The second-order valence-electron chi connectivity index (χ2n) is 4.58. The summed E-state index contributed by atoms with van der Waals surface area (Å²) in [5, 5.41) is 2.85. The van der Waals surface area contributed by atoms with Crippen molar-refractivity contribution in [2.45, 2.75) is 39.3 Å². The summed E-state index contributed by atoms with van der Waals surface area (Å²) in [5.74, 6) is 0.0235. The maximum atomic E-state index is 11.6. The minimum Gasteiger partial charge on any atom is -0.382 e. The summed E-state index contributed by atoms with van der Waals surface area (Å²) in [5.41, 5.74) is 5.35. The Morgan fingerprint density at radius 3 is 2.36 bits per heavy atom. The molecular weight excluding hydrogens is 180 g/mol. The number of amides is 1. The third kappa shape index (κ3) is 4.58. The molecular formula is C10H22N2O2.